The van der Waals surface area contributed by atoms with Gasteiger partial charge in [-0.25, -0.2) is 14.4 Å². The van der Waals surface area contributed by atoms with Crippen molar-refractivity contribution < 1.29 is 4.39 Å². The van der Waals surface area contributed by atoms with Crippen molar-refractivity contribution in [2.75, 3.05) is 5.32 Å². The highest BCUT2D eigenvalue weighted by atomic mass is 19.1. The van der Waals surface area contributed by atoms with Crippen molar-refractivity contribution in [2.45, 2.75) is 6.54 Å². The molecule has 5 heteroatoms. The Hall–Kier alpha value is -3.60. The van der Waals surface area contributed by atoms with E-state index in [1.54, 1.807) is 24.5 Å². The SMILES string of the molecule is Fc1ccc(-c2cc(NCc3ccccc3)nc(-c3ccncc3)n2)cc1. The maximum Gasteiger partial charge on any atom is 0.162 e. The standard InChI is InChI=1S/C22H17FN4/c23-19-8-6-17(7-9-19)20-14-21(25-15-16-4-2-1-3-5-16)27-22(26-20)18-10-12-24-13-11-18/h1-14H,15H2,(H,25,26,27). The Labute approximate surface area is 156 Å². The first-order chi connectivity index (χ1) is 13.3. The van der Waals surface area contributed by atoms with Gasteiger partial charge < -0.3 is 5.32 Å². The number of pyridine rings is 1. The lowest BCUT2D eigenvalue weighted by molar-refractivity contribution is 0.628. The molecule has 0 unspecified atom stereocenters. The molecule has 0 saturated carbocycles. The van der Waals surface area contributed by atoms with Gasteiger partial charge in [0.1, 0.15) is 11.6 Å². The number of rotatable bonds is 5. The molecule has 4 nitrogen and oxygen atoms in total. The molecule has 0 radical (unpaired) electrons. The lowest BCUT2D eigenvalue weighted by Crippen LogP contribution is -2.04. The average molecular weight is 356 g/mol. The van der Waals surface area contributed by atoms with Gasteiger partial charge in [0.05, 0.1) is 5.69 Å². The summed E-state index contributed by atoms with van der Waals surface area (Å²) in [7, 11) is 0. The number of aromatic nitrogens is 3. The number of nitrogens with zero attached hydrogens (tertiary/aromatic N) is 3. The van der Waals surface area contributed by atoms with Crippen LogP contribution in [0.3, 0.4) is 0 Å². The van der Waals surface area contributed by atoms with Gasteiger partial charge in [-0.05, 0) is 42.0 Å². The monoisotopic (exact) mass is 356 g/mol. The zero-order valence-electron chi connectivity index (χ0n) is 14.5. The van der Waals surface area contributed by atoms with Gasteiger partial charge in [-0.3, -0.25) is 4.98 Å². The van der Waals surface area contributed by atoms with Crippen LogP contribution in [0.4, 0.5) is 10.2 Å². The van der Waals surface area contributed by atoms with Crippen molar-refractivity contribution in [3.63, 3.8) is 0 Å². The Kier molecular flexibility index (Phi) is 4.83. The minimum absolute atomic E-state index is 0.274. The number of benzene rings is 2. The Bertz CT molecular complexity index is 1020. The van der Waals surface area contributed by atoms with Gasteiger partial charge in [-0.1, -0.05) is 30.3 Å². The molecule has 27 heavy (non-hydrogen) atoms. The Balaban J connectivity index is 1.71. The summed E-state index contributed by atoms with van der Waals surface area (Å²) >= 11 is 0. The summed E-state index contributed by atoms with van der Waals surface area (Å²) in [6.45, 7) is 0.649. The van der Waals surface area contributed by atoms with Crippen molar-refractivity contribution >= 4 is 5.82 Å². The summed E-state index contributed by atoms with van der Waals surface area (Å²) in [5.74, 6) is 1.03. The highest BCUT2D eigenvalue weighted by Crippen LogP contribution is 2.24. The molecule has 0 aliphatic carbocycles. The number of anilines is 1. The van der Waals surface area contributed by atoms with Crippen molar-refractivity contribution in [1.29, 1.82) is 0 Å². The second kappa shape index (κ2) is 7.74. The Morgan fingerprint density at radius 2 is 1.52 bits per heavy atom. The zero-order chi connectivity index (χ0) is 18.5. The molecule has 2 aromatic carbocycles. The van der Waals surface area contributed by atoms with E-state index in [0.29, 0.717) is 18.2 Å². The van der Waals surface area contributed by atoms with Gasteiger partial charge in [0.15, 0.2) is 5.82 Å². The Morgan fingerprint density at radius 3 is 2.26 bits per heavy atom. The van der Waals surface area contributed by atoms with Crippen LogP contribution in [0.15, 0.2) is 85.2 Å². The van der Waals surface area contributed by atoms with Crippen molar-refractivity contribution in [2.24, 2.45) is 0 Å². The fourth-order valence-electron chi connectivity index (χ4n) is 2.72. The molecule has 4 aromatic rings. The van der Waals surface area contributed by atoms with Crippen LogP contribution in [0.25, 0.3) is 22.6 Å². The molecule has 0 fully saturated rings. The van der Waals surface area contributed by atoms with E-state index >= 15 is 0 Å². The lowest BCUT2D eigenvalue weighted by Gasteiger charge is -2.11. The first-order valence-electron chi connectivity index (χ1n) is 8.61. The van der Waals surface area contributed by atoms with Gasteiger partial charge >= 0.3 is 0 Å². The van der Waals surface area contributed by atoms with E-state index in [1.165, 1.54) is 12.1 Å². The van der Waals surface area contributed by atoms with Gasteiger partial charge in [0.25, 0.3) is 0 Å². The molecule has 1 N–H and O–H groups in total. The third-order valence-electron chi connectivity index (χ3n) is 4.12. The van der Waals surface area contributed by atoms with Crippen LogP contribution in [-0.2, 0) is 6.54 Å². The molecule has 132 valence electrons. The van der Waals surface area contributed by atoms with E-state index in [2.05, 4.69) is 32.4 Å². The number of hydrogen-bond donors (Lipinski definition) is 1. The molecule has 2 aromatic heterocycles. The summed E-state index contributed by atoms with van der Waals surface area (Å²) in [5.41, 5.74) is 3.59. The molecular formula is C22H17FN4. The predicted octanol–water partition coefficient (Wildman–Crippen LogP) is 4.96. The summed E-state index contributed by atoms with van der Waals surface area (Å²) in [6, 6.07) is 22.0. The second-order valence-electron chi connectivity index (χ2n) is 6.04. The van der Waals surface area contributed by atoms with Crippen LogP contribution in [0.1, 0.15) is 5.56 Å². The smallest absolute Gasteiger partial charge is 0.162 e. The normalized spacial score (nSPS) is 10.6. The highest BCUT2D eigenvalue weighted by Gasteiger charge is 2.09. The van der Waals surface area contributed by atoms with E-state index in [0.717, 1.165) is 22.4 Å². The molecule has 0 aliphatic rings. The third kappa shape index (κ3) is 4.15. The molecule has 0 amide bonds. The van der Waals surface area contributed by atoms with Gasteiger partial charge in [0, 0.05) is 36.1 Å². The molecule has 0 saturated heterocycles. The van der Waals surface area contributed by atoms with Crippen LogP contribution in [0.5, 0.6) is 0 Å². The van der Waals surface area contributed by atoms with Crippen LogP contribution in [0.2, 0.25) is 0 Å². The minimum atomic E-state index is -0.274. The molecule has 2 heterocycles. The van der Waals surface area contributed by atoms with Crippen molar-refractivity contribution in [3.8, 4) is 22.6 Å². The molecule has 0 aliphatic heterocycles. The maximum atomic E-state index is 13.3. The molecule has 0 atom stereocenters. The van der Waals surface area contributed by atoms with Crippen molar-refractivity contribution in [1.82, 2.24) is 15.0 Å². The largest absolute Gasteiger partial charge is 0.366 e. The third-order valence-corrected chi connectivity index (χ3v) is 4.12. The van der Waals surface area contributed by atoms with Gasteiger partial charge in [-0.15, -0.1) is 0 Å². The summed E-state index contributed by atoms with van der Waals surface area (Å²) in [4.78, 5) is 13.3. The topological polar surface area (TPSA) is 50.7 Å². The minimum Gasteiger partial charge on any atom is -0.366 e. The second-order valence-corrected chi connectivity index (χ2v) is 6.04. The molecular weight excluding hydrogens is 339 g/mol. The van der Waals surface area contributed by atoms with E-state index in [9.17, 15) is 4.39 Å². The Morgan fingerprint density at radius 1 is 0.778 bits per heavy atom. The van der Waals surface area contributed by atoms with Gasteiger partial charge in [-0.2, -0.15) is 0 Å². The quantitative estimate of drug-likeness (QED) is 0.549. The first kappa shape index (κ1) is 16.8. The van der Waals surface area contributed by atoms with E-state index < -0.39 is 0 Å². The number of halogens is 1. The predicted molar refractivity (Wildman–Crippen MR) is 104 cm³/mol. The van der Waals surface area contributed by atoms with Crippen LogP contribution < -0.4 is 5.32 Å². The lowest BCUT2D eigenvalue weighted by atomic mass is 10.1. The van der Waals surface area contributed by atoms with E-state index in [-0.39, 0.29) is 5.82 Å². The zero-order valence-corrected chi connectivity index (χ0v) is 14.5. The fraction of sp³-hybridized carbons (Fsp3) is 0.0455. The fourth-order valence-corrected chi connectivity index (χ4v) is 2.72. The molecule has 4 rings (SSSR count). The summed E-state index contributed by atoms with van der Waals surface area (Å²) in [5, 5.41) is 3.35. The molecule has 0 bridgehead atoms. The first-order valence-corrected chi connectivity index (χ1v) is 8.61. The maximum absolute atomic E-state index is 13.3. The van der Waals surface area contributed by atoms with Crippen molar-refractivity contribution in [3.05, 3.63) is 96.6 Å². The average Bonchev–Trinajstić information content (AvgIpc) is 2.74. The summed E-state index contributed by atoms with van der Waals surface area (Å²) < 4.78 is 13.3. The molecule has 0 spiro atoms. The number of hydrogen-bond acceptors (Lipinski definition) is 4. The van der Waals surface area contributed by atoms with E-state index in [4.69, 9.17) is 0 Å². The van der Waals surface area contributed by atoms with E-state index in [1.807, 2.05) is 36.4 Å². The van der Waals surface area contributed by atoms with Crippen LogP contribution in [0, 0.1) is 5.82 Å². The van der Waals surface area contributed by atoms with Crippen LogP contribution in [-0.4, -0.2) is 15.0 Å². The highest BCUT2D eigenvalue weighted by molar-refractivity contribution is 5.67. The van der Waals surface area contributed by atoms with Crippen LogP contribution >= 0.6 is 0 Å². The van der Waals surface area contributed by atoms with Gasteiger partial charge in [0.2, 0.25) is 0 Å². The summed E-state index contributed by atoms with van der Waals surface area (Å²) in [6.07, 6.45) is 3.42. The number of nitrogens with one attached hydrogen (secondary N) is 1.